The van der Waals surface area contributed by atoms with Crippen LogP contribution in [0.1, 0.15) is 53.4 Å². The lowest BCUT2D eigenvalue weighted by molar-refractivity contribution is -0.151. The van der Waals surface area contributed by atoms with Crippen molar-refractivity contribution < 1.29 is 9.53 Å². The van der Waals surface area contributed by atoms with Crippen LogP contribution in [0.3, 0.4) is 0 Å². The van der Waals surface area contributed by atoms with E-state index in [1.54, 1.807) is 0 Å². The van der Waals surface area contributed by atoms with E-state index < -0.39 is 5.54 Å². The Morgan fingerprint density at radius 3 is 2.24 bits per heavy atom. The lowest BCUT2D eigenvalue weighted by Gasteiger charge is -2.42. The Morgan fingerprint density at radius 2 is 1.88 bits per heavy atom. The number of carbonyl (C=O) groups is 1. The Morgan fingerprint density at radius 1 is 1.35 bits per heavy atom. The average Bonchev–Trinajstić information content (AvgIpc) is 2.27. The van der Waals surface area contributed by atoms with Crippen molar-refractivity contribution in [2.75, 3.05) is 13.7 Å². The van der Waals surface area contributed by atoms with E-state index >= 15 is 0 Å². The summed E-state index contributed by atoms with van der Waals surface area (Å²) in [6.07, 6.45) is 4.00. The van der Waals surface area contributed by atoms with Gasteiger partial charge in [-0.2, -0.15) is 0 Å². The molecule has 3 heteroatoms. The van der Waals surface area contributed by atoms with Gasteiger partial charge in [-0.25, -0.2) is 0 Å². The highest BCUT2D eigenvalue weighted by molar-refractivity contribution is 5.80. The topological polar surface area (TPSA) is 38.3 Å². The van der Waals surface area contributed by atoms with Crippen LogP contribution in [0.4, 0.5) is 0 Å². The number of ether oxygens (including phenoxy) is 1. The fourth-order valence-corrected chi connectivity index (χ4v) is 2.96. The Kier molecular flexibility index (Phi) is 4.59. The molecule has 0 aliphatic heterocycles. The molecule has 1 N–H and O–H groups in total. The summed E-state index contributed by atoms with van der Waals surface area (Å²) in [5.74, 6) is 0.616. The SMILES string of the molecule is CCNC1(C(=O)OC)CCC(C(C)(C)C)CC1. The Labute approximate surface area is 105 Å². The molecule has 1 rings (SSSR count). The second-order valence-electron chi connectivity index (χ2n) is 6.24. The summed E-state index contributed by atoms with van der Waals surface area (Å²) in [4.78, 5) is 12.0. The maximum Gasteiger partial charge on any atom is 0.326 e. The molecule has 0 aromatic heterocycles. The zero-order chi connectivity index (χ0) is 13.1. The quantitative estimate of drug-likeness (QED) is 0.772. The highest BCUT2D eigenvalue weighted by Gasteiger charge is 2.44. The van der Waals surface area contributed by atoms with Crippen molar-refractivity contribution in [2.24, 2.45) is 11.3 Å². The molecule has 0 aromatic carbocycles. The van der Waals surface area contributed by atoms with Crippen molar-refractivity contribution >= 4 is 5.97 Å². The normalized spacial score (nSPS) is 30.1. The molecule has 0 bridgehead atoms. The number of rotatable bonds is 3. The predicted molar refractivity (Wildman–Crippen MR) is 69.8 cm³/mol. The van der Waals surface area contributed by atoms with E-state index in [1.165, 1.54) is 7.11 Å². The summed E-state index contributed by atoms with van der Waals surface area (Å²) < 4.78 is 4.97. The zero-order valence-electron chi connectivity index (χ0n) is 11.9. The van der Waals surface area contributed by atoms with Crippen LogP contribution in [0, 0.1) is 11.3 Å². The second-order valence-corrected chi connectivity index (χ2v) is 6.24. The summed E-state index contributed by atoms with van der Waals surface area (Å²) in [6, 6.07) is 0. The Balaban J connectivity index is 2.71. The molecule has 1 aliphatic rings. The summed E-state index contributed by atoms with van der Waals surface area (Å²) in [5, 5.41) is 3.35. The largest absolute Gasteiger partial charge is 0.468 e. The van der Waals surface area contributed by atoms with E-state index in [9.17, 15) is 4.79 Å². The molecule has 3 nitrogen and oxygen atoms in total. The number of esters is 1. The van der Waals surface area contributed by atoms with Gasteiger partial charge in [0.1, 0.15) is 5.54 Å². The first-order valence-corrected chi connectivity index (χ1v) is 6.69. The van der Waals surface area contributed by atoms with Gasteiger partial charge in [-0.3, -0.25) is 4.79 Å². The van der Waals surface area contributed by atoms with Crippen molar-refractivity contribution in [3.8, 4) is 0 Å². The van der Waals surface area contributed by atoms with Crippen LogP contribution in [0.2, 0.25) is 0 Å². The minimum absolute atomic E-state index is 0.0910. The van der Waals surface area contributed by atoms with E-state index in [0.717, 1.165) is 32.2 Å². The predicted octanol–water partition coefficient (Wildman–Crippen LogP) is 2.74. The first kappa shape index (κ1) is 14.5. The number of likely N-dealkylation sites (N-methyl/N-ethyl adjacent to an activating group) is 1. The number of methoxy groups -OCH3 is 1. The Hall–Kier alpha value is -0.570. The van der Waals surface area contributed by atoms with Crippen LogP contribution in [0.25, 0.3) is 0 Å². The van der Waals surface area contributed by atoms with Gasteiger partial charge in [-0.15, -0.1) is 0 Å². The van der Waals surface area contributed by atoms with Crippen LogP contribution >= 0.6 is 0 Å². The number of carbonyl (C=O) groups excluding carboxylic acids is 1. The lowest BCUT2D eigenvalue weighted by atomic mass is 9.67. The summed E-state index contributed by atoms with van der Waals surface area (Å²) in [7, 11) is 1.48. The van der Waals surface area contributed by atoms with Crippen LogP contribution in [-0.2, 0) is 9.53 Å². The average molecular weight is 241 g/mol. The number of nitrogens with one attached hydrogen (secondary N) is 1. The monoisotopic (exact) mass is 241 g/mol. The van der Waals surface area contributed by atoms with Crippen molar-refractivity contribution in [2.45, 2.75) is 58.9 Å². The lowest BCUT2D eigenvalue weighted by Crippen LogP contribution is -2.55. The van der Waals surface area contributed by atoms with E-state index in [-0.39, 0.29) is 5.97 Å². The molecule has 0 aromatic rings. The fraction of sp³-hybridized carbons (Fsp3) is 0.929. The molecule has 1 aliphatic carbocycles. The minimum atomic E-state index is -0.425. The van der Waals surface area contributed by atoms with Crippen molar-refractivity contribution in [3.05, 3.63) is 0 Å². The van der Waals surface area contributed by atoms with Crippen molar-refractivity contribution in [3.63, 3.8) is 0 Å². The summed E-state index contributed by atoms with van der Waals surface area (Å²) in [5.41, 5.74) is -0.0836. The Bertz CT molecular complexity index is 260. The first-order valence-electron chi connectivity index (χ1n) is 6.69. The van der Waals surface area contributed by atoms with Crippen molar-refractivity contribution in [1.29, 1.82) is 0 Å². The van der Waals surface area contributed by atoms with Gasteiger partial charge in [0.25, 0.3) is 0 Å². The minimum Gasteiger partial charge on any atom is -0.468 e. The molecule has 1 saturated carbocycles. The van der Waals surface area contributed by atoms with Crippen molar-refractivity contribution in [1.82, 2.24) is 5.32 Å². The van der Waals surface area contributed by atoms with Gasteiger partial charge in [0, 0.05) is 0 Å². The summed E-state index contributed by atoms with van der Waals surface area (Å²) >= 11 is 0. The molecule has 0 atom stereocenters. The first-order chi connectivity index (χ1) is 7.85. The standard InChI is InChI=1S/C14H27NO2/c1-6-15-14(12(16)17-5)9-7-11(8-10-14)13(2,3)4/h11,15H,6-10H2,1-5H3. The molecule has 0 radical (unpaired) electrons. The van der Waals surface area contributed by atoms with E-state index in [2.05, 4.69) is 26.1 Å². The van der Waals surface area contributed by atoms with E-state index in [0.29, 0.717) is 11.3 Å². The van der Waals surface area contributed by atoms with Gasteiger partial charge in [0.2, 0.25) is 0 Å². The fourth-order valence-electron chi connectivity index (χ4n) is 2.96. The van der Waals surface area contributed by atoms with Crippen LogP contribution in [-0.4, -0.2) is 25.2 Å². The van der Waals surface area contributed by atoms with Gasteiger partial charge in [-0.05, 0) is 43.6 Å². The number of hydrogen-bond acceptors (Lipinski definition) is 3. The molecule has 0 spiro atoms. The van der Waals surface area contributed by atoms with E-state index in [4.69, 9.17) is 4.74 Å². The third-order valence-corrected chi connectivity index (χ3v) is 4.16. The molecular formula is C14H27NO2. The van der Waals surface area contributed by atoms with Gasteiger partial charge >= 0.3 is 5.97 Å². The van der Waals surface area contributed by atoms with Crippen LogP contribution < -0.4 is 5.32 Å². The molecular weight excluding hydrogens is 214 g/mol. The molecule has 17 heavy (non-hydrogen) atoms. The zero-order valence-corrected chi connectivity index (χ0v) is 11.9. The van der Waals surface area contributed by atoms with Crippen LogP contribution in [0.5, 0.6) is 0 Å². The molecule has 0 unspecified atom stereocenters. The number of hydrogen-bond donors (Lipinski definition) is 1. The molecule has 0 saturated heterocycles. The molecule has 0 amide bonds. The molecule has 0 heterocycles. The highest BCUT2D eigenvalue weighted by atomic mass is 16.5. The highest BCUT2D eigenvalue weighted by Crippen LogP contribution is 2.41. The van der Waals surface area contributed by atoms with Gasteiger partial charge in [-0.1, -0.05) is 27.7 Å². The summed E-state index contributed by atoms with van der Waals surface area (Å²) in [6.45, 7) is 9.72. The maximum atomic E-state index is 12.0. The van der Waals surface area contributed by atoms with Crippen LogP contribution in [0.15, 0.2) is 0 Å². The maximum absolute atomic E-state index is 12.0. The smallest absolute Gasteiger partial charge is 0.326 e. The third kappa shape index (κ3) is 3.21. The van der Waals surface area contributed by atoms with Gasteiger partial charge in [0.05, 0.1) is 7.11 Å². The second kappa shape index (κ2) is 5.38. The molecule has 100 valence electrons. The van der Waals surface area contributed by atoms with Gasteiger partial charge in [0.15, 0.2) is 0 Å². The van der Waals surface area contributed by atoms with E-state index in [1.807, 2.05) is 6.92 Å². The third-order valence-electron chi connectivity index (χ3n) is 4.16. The van der Waals surface area contributed by atoms with Gasteiger partial charge < -0.3 is 10.1 Å². The molecule has 1 fully saturated rings.